The maximum absolute atomic E-state index is 13.3. The summed E-state index contributed by atoms with van der Waals surface area (Å²) in [5.41, 5.74) is 2.85. The third-order valence-electron chi connectivity index (χ3n) is 5.83. The number of rotatable bonds is 15. The van der Waals surface area contributed by atoms with E-state index in [1.54, 1.807) is 11.3 Å². The summed E-state index contributed by atoms with van der Waals surface area (Å²) in [7, 11) is -1.77. The molecule has 0 aliphatic carbocycles. The number of nitrogens with zero attached hydrogens (tertiary/aromatic N) is 2. The van der Waals surface area contributed by atoms with Gasteiger partial charge in [-0.1, -0.05) is 52.4 Å². The summed E-state index contributed by atoms with van der Waals surface area (Å²) >= 11 is 1.68. The van der Waals surface area contributed by atoms with Crippen LogP contribution >= 0.6 is 11.3 Å². The fourth-order valence-electron chi connectivity index (χ4n) is 4.17. The number of hydrogen-bond donors (Lipinski definition) is 0. The lowest BCUT2D eigenvalue weighted by atomic mass is 9.96. The summed E-state index contributed by atoms with van der Waals surface area (Å²) in [6.07, 6.45) is 8.54. The normalized spacial score (nSPS) is 13.6. The van der Waals surface area contributed by atoms with Crippen molar-refractivity contribution in [2.75, 3.05) is 13.2 Å². The Morgan fingerprint density at radius 1 is 1.12 bits per heavy atom. The number of ether oxygens (including phenoxy) is 2. The monoisotopic (exact) mass is 504 g/mol. The molecule has 2 rings (SSSR count). The first kappa shape index (κ1) is 28.5. The molecule has 0 amide bonds. The molecule has 0 aliphatic heterocycles. The van der Waals surface area contributed by atoms with Gasteiger partial charge in [0.25, 0.3) is 0 Å². The Morgan fingerprint density at radius 2 is 1.85 bits per heavy atom. The van der Waals surface area contributed by atoms with Gasteiger partial charge >= 0.3 is 5.97 Å². The van der Waals surface area contributed by atoms with E-state index in [9.17, 15) is 4.79 Å². The fraction of sp³-hybridized carbons (Fsp3) is 0.630. The third kappa shape index (κ3) is 7.65. The maximum atomic E-state index is 13.3. The molecule has 7 heteroatoms. The molecule has 0 spiro atoms. The number of aryl methyl sites for hydroxylation is 1. The molecule has 0 radical (unpaired) electrons. The zero-order chi connectivity index (χ0) is 25.1. The predicted octanol–water partition coefficient (Wildman–Crippen LogP) is 7.45. The summed E-state index contributed by atoms with van der Waals surface area (Å²) < 4.78 is 14.3. The van der Waals surface area contributed by atoms with Crippen LogP contribution in [0, 0.1) is 0 Å². The minimum Gasteiger partial charge on any atom is -0.463 e. The van der Waals surface area contributed by atoms with E-state index < -0.39 is 8.07 Å². The summed E-state index contributed by atoms with van der Waals surface area (Å²) in [5.74, 6) is 0.806. The third-order valence-corrected chi connectivity index (χ3v) is 8.62. The second kappa shape index (κ2) is 14.0. The van der Waals surface area contributed by atoms with Gasteiger partial charge in [-0.2, -0.15) is 0 Å². The molecular formula is C27H44N2O3SSi. The average molecular weight is 505 g/mol. The van der Waals surface area contributed by atoms with Gasteiger partial charge in [-0.15, -0.1) is 11.3 Å². The van der Waals surface area contributed by atoms with Gasteiger partial charge in [0.15, 0.2) is 0 Å². The van der Waals surface area contributed by atoms with Crippen molar-refractivity contribution < 1.29 is 14.3 Å². The van der Waals surface area contributed by atoms with Crippen LogP contribution in [-0.4, -0.2) is 36.8 Å². The molecule has 0 N–H and O–H groups in total. The molecule has 0 aliphatic rings. The van der Waals surface area contributed by atoms with Crippen LogP contribution in [0.2, 0.25) is 19.6 Å². The molecular weight excluding hydrogens is 460 g/mol. The Morgan fingerprint density at radius 3 is 2.41 bits per heavy atom. The summed E-state index contributed by atoms with van der Waals surface area (Å²) in [4.78, 5) is 19.4. The van der Waals surface area contributed by atoms with Gasteiger partial charge in [0.05, 0.1) is 18.5 Å². The van der Waals surface area contributed by atoms with E-state index in [0.717, 1.165) is 61.2 Å². The number of imidazole rings is 1. The van der Waals surface area contributed by atoms with E-state index in [-0.39, 0.29) is 11.8 Å². The van der Waals surface area contributed by atoms with Gasteiger partial charge < -0.3 is 14.0 Å². The first-order valence-corrected chi connectivity index (χ1v) is 17.3. The SMILES string of the molecule is CCCC/C(=C(/Cc1cccs1)C(=O)OCC)c1cnc(CCCC)n1C(OCC)[Si](C)(C)C. The highest BCUT2D eigenvalue weighted by Crippen LogP contribution is 2.34. The molecule has 0 fully saturated rings. The van der Waals surface area contributed by atoms with Crippen molar-refractivity contribution in [3.8, 4) is 0 Å². The average Bonchev–Trinajstić information content (AvgIpc) is 3.45. The molecule has 2 heterocycles. The lowest BCUT2D eigenvalue weighted by molar-refractivity contribution is -0.138. The number of unbranched alkanes of at least 4 members (excludes halogenated alkanes) is 2. The molecule has 0 saturated heterocycles. The standard InChI is InChI=1S/C27H44N2O3SSi/c1-8-12-16-22(23(26(30)31-10-3)19-21-15-14-18-33-21)24-20-28-25(17-13-9-2)29(24)27(32-11-4)34(5,6)7/h14-15,18,20,27H,8-13,16-17,19H2,1-7H3/b23-22+. The number of hydrogen-bond acceptors (Lipinski definition) is 5. The van der Waals surface area contributed by atoms with E-state index in [1.807, 2.05) is 19.2 Å². The molecule has 5 nitrogen and oxygen atoms in total. The van der Waals surface area contributed by atoms with Crippen LogP contribution in [0.15, 0.2) is 29.3 Å². The molecule has 2 aromatic heterocycles. The van der Waals surface area contributed by atoms with Gasteiger partial charge in [0.1, 0.15) is 19.7 Å². The van der Waals surface area contributed by atoms with Crippen molar-refractivity contribution in [3.05, 3.63) is 45.7 Å². The zero-order valence-corrected chi connectivity index (χ0v) is 24.1. The number of esters is 1. The van der Waals surface area contributed by atoms with Crippen molar-refractivity contribution >= 4 is 31.0 Å². The van der Waals surface area contributed by atoms with Crippen molar-refractivity contribution in [1.29, 1.82) is 0 Å². The molecule has 2 aromatic rings. The van der Waals surface area contributed by atoms with E-state index in [2.05, 4.69) is 56.4 Å². The highest BCUT2D eigenvalue weighted by Gasteiger charge is 2.34. The lowest BCUT2D eigenvalue weighted by Gasteiger charge is -2.33. The first-order valence-electron chi connectivity index (χ1n) is 12.9. The molecule has 1 atom stereocenters. The summed E-state index contributed by atoms with van der Waals surface area (Å²) in [6, 6.07) is 4.13. The van der Waals surface area contributed by atoms with Crippen LogP contribution < -0.4 is 0 Å². The Balaban J connectivity index is 2.78. The van der Waals surface area contributed by atoms with Gasteiger partial charge in [0.2, 0.25) is 0 Å². The van der Waals surface area contributed by atoms with E-state index in [4.69, 9.17) is 14.5 Å². The maximum Gasteiger partial charge on any atom is 0.334 e. The van der Waals surface area contributed by atoms with Crippen molar-refractivity contribution in [2.45, 2.75) is 98.1 Å². The lowest BCUT2D eigenvalue weighted by Crippen LogP contribution is -2.39. The molecule has 0 bridgehead atoms. The Bertz CT molecular complexity index is 913. The Kier molecular flexibility index (Phi) is 11.7. The smallest absolute Gasteiger partial charge is 0.334 e. The van der Waals surface area contributed by atoms with Crippen LogP contribution in [-0.2, 0) is 27.1 Å². The van der Waals surface area contributed by atoms with Crippen LogP contribution in [0.1, 0.15) is 82.0 Å². The number of aromatic nitrogens is 2. The highest BCUT2D eigenvalue weighted by atomic mass is 32.1. The summed E-state index contributed by atoms with van der Waals surface area (Å²) in [5, 5.41) is 2.06. The topological polar surface area (TPSA) is 53.3 Å². The number of carbonyl (C=O) groups is 1. The minimum atomic E-state index is -1.77. The largest absolute Gasteiger partial charge is 0.463 e. The van der Waals surface area contributed by atoms with Gasteiger partial charge in [0, 0.05) is 29.9 Å². The number of allylic oxidation sites excluding steroid dienone is 1. The van der Waals surface area contributed by atoms with Crippen LogP contribution in [0.25, 0.3) is 5.57 Å². The van der Waals surface area contributed by atoms with E-state index in [1.165, 1.54) is 4.88 Å². The van der Waals surface area contributed by atoms with E-state index in [0.29, 0.717) is 19.6 Å². The van der Waals surface area contributed by atoms with Gasteiger partial charge in [-0.3, -0.25) is 0 Å². The molecule has 0 saturated carbocycles. The number of thiophene rings is 1. The Hall–Kier alpha value is -1.70. The van der Waals surface area contributed by atoms with Crippen LogP contribution in [0.5, 0.6) is 0 Å². The second-order valence-electron chi connectivity index (χ2n) is 9.74. The van der Waals surface area contributed by atoms with Crippen molar-refractivity contribution in [3.63, 3.8) is 0 Å². The van der Waals surface area contributed by atoms with Crippen molar-refractivity contribution in [2.24, 2.45) is 0 Å². The summed E-state index contributed by atoms with van der Waals surface area (Å²) in [6.45, 7) is 16.4. The van der Waals surface area contributed by atoms with Crippen LogP contribution in [0.4, 0.5) is 0 Å². The van der Waals surface area contributed by atoms with Crippen molar-refractivity contribution in [1.82, 2.24) is 9.55 Å². The molecule has 190 valence electrons. The quantitative estimate of drug-likeness (QED) is 0.144. The molecule has 34 heavy (non-hydrogen) atoms. The Labute approximate surface area is 211 Å². The van der Waals surface area contributed by atoms with Gasteiger partial charge in [-0.05, 0) is 50.1 Å². The second-order valence-corrected chi connectivity index (χ2v) is 16.0. The van der Waals surface area contributed by atoms with E-state index >= 15 is 0 Å². The van der Waals surface area contributed by atoms with Crippen LogP contribution in [0.3, 0.4) is 0 Å². The first-order chi connectivity index (χ1) is 16.3. The fourth-order valence-corrected chi connectivity index (χ4v) is 6.61. The molecule has 0 aromatic carbocycles. The van der Waals surface area contributed by atoms with Gasteiger partial charge in [-0.25, -0.2) is 9.78 Å². The predicted molar refractivity (Wildman–Crippen MR) is 146 cm³/mol. The molecule has 1 unspecified atom stereocenters. The minimum absolute atomic E-state index is 0.0383. The highest BCUT2D eigenvalue weighted by molar-refractivity contribution is 7.09. The number of carbonyl (C=O) groups excluding carboxylic acids is 1. The zero-order valence-electron chi connectivity index (χ0n) is 22.3.